The number of hydrogen-bond acceptors (Lipinski definition) is 4. The number of amides is 2. The van der Waals surface area contributed by atoms with Crippen LogP contribution < -0.4 is 10.5 Å². The van der Waals surface area contributed by atoms with Crippen LogP contribution in [0.2, 0.25) is 0 Å². The van der Waals surface area contributed by atoms with E-state index in [0.717, 1.165) is 24.2 Å². The lowest BCUT2D eigenvalue weighted by atomic mass is 9.93. The second kappa shape index (κ2) is 5.61. The summed E-state index contributed by atoms with van der Waals surface area (Å²) in [6, 6.07) is 7.63. The number of rotatable bonds is 4. The Morgan fingerprint density at radius 1 is 1.41 bits per heavy atom. The molecule has 118 valence electrons. The zero-order chi connectivity index (χ0) is 15.7. The van der Waals surface area contributed by atoms with Crippen LogP contribution in [-0.4, -0.2) is 49.6 Å². The molecule has 6 nitrogen and oxygen atoms in total. The van der Waals surface area contributed by atoms with Crippen LogP contribution in [0, 0.1) is 0 Å². The van der Waals surface area contributed by atoms with Crippen LogP contribution in [0.1, 0.15) is 18.4 Å². The van der Waals surface area contributed by atoms with E-state index in [9.17, 15) is 9.59 Å². The van der Waals surface area contributed by atoms with Gasteiger partial charge in [0.15, 0.2) is 6.10 Å². The fraction of sp³-hybridized carbons (Fsp3) is 0.500. The lowest BCUT2D eigenvalue weighted by Gasteiger charge is -2.34. The van der Waals surface area contributed by atoms with E-state index in [1.807, 2.05) is 24.3 Å². The highest BCUT2D eigenvalue weighted by molar-refractivity contribution is 5.92. The van der Waals surface area contributed by atoms with Gasteiger partial charge in [0.2, 0.25) is 11.8 Å². The van der Waals surface area contributed by atoms with Gasteiger partial charge in [0, 0.05) is 6.54 Å². The summed E-state index contributed by atoms with van der Waals surface area (Å²) < 4.78 is 10.6. The second-order valence-corrected chi connectivity index (χ2v) is 5.83. The number of methoxy groups -OCH3 is 1. The molecule has 1 atom stereocenters. The summed E-state index contributed by atoms with van der Waals surface area (Å²) in [6.07, 6.45) is 0.925. The number of ether oxygens (including phenoxy) is 2. The average Bonchev–Trinajstić information content (AvgIpc) is 3.36. The molecule has 0 spiro atoms. The smallest absolute Gasteiger partial charge is 0.248 e. The maximum absolute atomic E-state index is 12.9. The predicted molar refractivity (Wildman–Crippen MR) is 79.4 cm³/mol. The lowest BCUT2D eigenvalue weighted by molar-refractivity contribution is -0.147. The molecule has 0 radical (unpaired) electrons. The molecule has 6 heteroatoms. The molecule has 1 aromatic rings. The molecule has 1 saturated heterocycles. The number of carbonyl (C=O) groups excluding carboxylic acids is 2. The van der Waals surface area contributed by atoms with Gasteiger partial charge in [-0.1, -0.05) is 12.1 Å². The van der Waals surface area contributed by atoms with Gasteiger partial charge in [-0.05, 0) is 30.5 Å². The molecule has 2 N–H and O–H groups in total. The summed E-state index contributed by atoms with van der Waals surface area (Å²) in [5, 5.41) is 0. The highest BCUT2D eigenvalue weighted by atomic mass is 16.5. The van der Waals surface area contributed by atoms with Crippen LogP contribution in [-0.2, 0) is 19.7 Å². The number of nitrogens with zero attached hydrogens (tertiary/aromatic N) is 1. The number of benzene rings is 1. The zero-order valence-electron chi connectivity index (χ0n) is 12.6. The quantitative estimate of drug-likeness (QED) is 0.875. The largest absolute Gasteiger partial charge is 0.497 e. The van der Waals surface area contributed by atoms with Gasteiger partial charge in [-0.2, -0.15) is 0 Å². The van der Waals surface area contributed by atoms with Gasteiger partial charge in [0.05, 0.1) is 25.7 Å². The number of nitrogens with two attached hydrogens (primary N) is 1. The molecular formula is C16H20N2O4. The van der Waals surface area contributed by atoms with Gasteiger partial charge in [0.25, 0.3) is 0 Å². The summed E-state index contributed by atoms with van der Waals surface area (Å²) >= 11 is 0. The first-order valence-corrected chi connectivity index (χ1v) is 7.42. The van der Waals surface area contributed by atoms with Crippen molar-refractivity contribution in [1.29, 1.82) is 0 Å². The predicted octanol–water partition coefficient (Wildman–Crippen LogP) is 0.439. The molecule has 2 amide bonds. The van der Waals surface area contributed by atoms with Crippen molar-refractivity contribution >= 4 is 11.8 Å². The molecule has 2 aliphatic rings. The van der Waals surface area contributed by atoms with Gasteiger partial charge >= 0.3 is 0 Å². The van der Waals surface area contributed by atoms with Gasteiger partial charge in [0.1, 0.15) is 5.75 Å². The average molecular weight is 304 g/mol. The van der Waals surface area contributed by atoms with E-state index in [2.05, 4.69) is 0 Å². The molecule has 1 aromatic carbocycles. The van der Waals surface area contributed by atoms with Crippen LogP contribution >= 0.6 is 0 Å². The molecule has 0 aromatic heterocycles. The van der Waals surface area contributed by atoms with E-state index >= 15 is 0 Å². The maximum atomic E-state index is 12.9. The number of carbonyl (C=O) groups is 2. The zero-order valence-corrected chi connectivity index (χ0v) is 12.6. The minimum absolute atomic E-state index is 0.0512. The summed E-state index contributed by atoms with van der Waals surface area (Å²) in [6.45, 7) is 1.07. The fourth-order valence-corrected chi connectivity index (χ4v) is 2.98. The van der Waals surface area contributed by atoms with Crippen LogP contribution in [0.5, 0.6) is 5.75 Å². The Hall–Kier alpha value is -2.08. The van der Waals surface area contributed by atoms with Crippen LogP contribution in [0.15, 0.2) is 24.3 Å². The third-order valence-electron chi connectivity index (χ3n) is 4.45. The second-order valence-electron chi connectivity index (χ2n) is 5.83. The van der Waals surface area contributed by atoms with Crippen molar-refractivity contribution in [2.45, 2.75) is 24.4 Å². The van der Waals surface area contributed by atoms with Gasteiger partial charge in [-0.3, -0.25) is 9.59 Å². The first kappa shape index (κ1) is 14.8. The van der Waals surface area contributed by atoms with Crippen molar-refractivity contribution in [3.63, 3.8) is 0 Å². The van der Waals surface area contributed by atoms with E-state index in [4.69, 9.17) is 15.2 Å². The Balaban J connectivity index is 1.80. The van der Waals surface area contributed by atoms with Gasteiger partial charge < -0.3 is 20.1 Å². The Morgan fingerprint density at radius 2 is 2.18 bits per heavy atom. The fourth-order valence-electron chi connectivity index (χ4n) is 2.98. The summed E-state index contributed by atoms with van der Waals surface area (Å²) in [5.41, 5.74) is 5.78. The third-order valence-corrected chi connectivity index (χ3v) is 4.45. The topological polar surface area (TPSA) is 81.9 Å². The molecule has 1 heterocycles. The highest BCUT2D eigenvalue weighted by Gasteiger charge is 2.53. The van der Waals surface area contributed by atoms with Crippen LogP contribution in [0.4, 0.5) is 0 Å². The van der Waals surface area contributed by atoms with Gasteiger partial charge in [-0.15, -0.1) is 0 Å². The highest BCUT2D eigenvalue weighted by Crippen LogP contribution is 2.50. The van der Waals surface area contributed by atoms with E-state index in [1.54, 1.807) is 12.0 Å². The number of hydrogen-bond donors (Lipinski definition) is 1. The molecule has 1 saturated carbocycles. The first-order valence-electron chi connectivity index (χ1n) is 7.42. The third kappa shape index (κ3) is 2.54. The van der Waals surface area contributed by atoms with Crippen molar-refractivity contribution in [1.82, 2.24) is 4.90 Å². The Kier molecular flexibility index (Phi) is 3.78. The molecule has 0 bridgehead atoms. The summed E-state index contributed by atoms with van der Waals surface area (Å²) in [7, 11) is 1.61. The molecule has 2 fully saturated rings. The lowest BCUT2D eigenvalue weighted by Crippen LogP contribution is -2.52. The van der Waals surface area contributed by atoms with E-state index < -0.39 is 17.4 Å². The molecule has 1 unspecified atom stereocenters. The van der Waals surface area contributed by atoms with E-state index in [0.29, 0.717) is 13.2 Å². The standard InChI is InChI=1S/C16H20N2O4/c1-21-12-4-2-3-11(9-12)16(5-6-16)15(20)18-7-8-22-13(10-18)14(17)19/h2-4,9,13H,5-8,10H2,1H3,(H2,17,19). The Bertz CT molecular complexity index is 598. The van der Waals surface area contributed by atoms with E-state index in [-0.39, 0.29) is 12.5 Å². The van der Waals surface area contributed by atoms with Crippen molar-refractivity contribution in [2.75, 3.05) is 26.8 Å². The number of primary amides is 1. The SMILES string of the molecule is COc1cccc(C2(C(=O)N3CCOC(C(N)=O)C3)CC2)c1. The van der Waals surface area contributed by atoms with Crippen molar-refractivity contribution in [3.05, 3.63) is 29.8 Å². The van der Waals surface area contributed by atoms with Crippen molar-refractivity contribution in [3.8, 4) is 5.75 Å². The molecule has 1 aliphatic heterocycles. The Morgan fingerprint density at radius 3 is 2.82 bits per heavy atom. The minimum Gasteiger partial charge on any atom is -0.497 e. The van der Waals surface area contributed by atoms with Crippen molar-refractivity contribution in [2.24, 2.45) is 5.73 Å². The number of morpholine rings is 1. The molecule has 22 heavy (non-hydrogen) atoms. The summed E-state index contributed by atoms with van der Waals surface area (Å²) in [5.74, 6) is 0.271. The summed E-state index contributed by atoms with van der Waals surface area (Å²) in [4.78, 5) is 25.9. The minimum atomic E-state index is -0.709. The van der Waals surface area contributed by atoms with Crippen LogP contribution in [0.3, 0.4) is 0 Å². The molecule has 3 rings (SSSR count). The van der Waals surface area contributed by atoms with E-state index in [1.165, 1.54) is 0 Å². The normalized spacial score (nSPS) is 23.0. The van der Waals surface area contributed by atoms with Crippen molar-refractivity contribution < 1.29 is 19.1 Å². The molecular weight excluding hydrogens is 284 g/mol. The molecule has 1 aliphatic carbocycles. The van der Waals surface area contributed by atoms with Crippen LogP contribution in [0.25, 0.3) is 0 Å². The Labute approximate surface area is 129 Å². The van der Waals surface area contributed by atoms with Gasteiger partial charge in [-0.25, -0.2) is 0 Å². The monoisotopic (exact) mass is 304 g/mol. The maximum Gasteiger partial charge on any atom is 0.248 e. The first-order chi connectivity index (χ1) is 10.6.